The van der Waals surface area contributed by atoms with E-state index in [1.165, 1.54) is 5.69 Å². The van der Waals surface area contributed by atoms with E-state index in [1.54, 1.807) is 0 Å². The minimum absolute atomic E-state index is 0.208. The van der Waals surface area contributed by atoms with Gasteiger partial charge >= 0.3 is 0 Å². The molecule has 0 amide bonds. The van der Waals surface area contributed by atoms with Gasteiger partial charge in [0.2, 0.25) is 0 Å². The van der Waals surface area contributed by atoms with Crippen molar-refractivity contribution in [2.24, 2.45) is 11.1 Å². The van der Waals surface area contributed by atoms with Crippen molar-refractivity contribution in [3.63, 3.8) is 0 Å². The van der Waals surface area contributed by atoms with Gasteiger partial charge < -0.3 is 10.3 Å². The zero-order valence-electron chi connectivity index (χ0n) is 13.5. The third kappa shape index (κ3) is 3.57. The monoisotopic (exact) mass is 266 g/mol. The van der Waals surface area contributed by atoms with Gasteiger partial charge in [0.1, 0.15) is 0 Å². The summed E-state index contributed by atoms with van der Waals surface area (Å²) in [6, 6.07) is 1.06. The van der Waals surface area contributed by atoms with Crippen LogP contribution in [-0.4, -0.2) is 34.1 Å². The fourth-order valence-electron chi connectivity index (χ4n) is 2.38. The Hall–Kier alpha value is -0.870. The first kappa shape index (κ1) is 16.2. The van der Waals surface area contributed by atoms with E-state index in [-0.39, 0.29) is 11.5 Å². The predicted octanol–water partition coefficient (Wildman–Crippen LogP) is 2.83. The summed E-state index contributed by atoms with van der Waals surface area (Å²) in [6.45, 7) is 14.0. The first-order chi connectivity index (χ1) is 8.70. The van der Waals surface area contributed by atoms with Crippen LogP contribution in [0.15, 0.2) is 12.5 Å². The van der Waals surface area contributed by atoms with E-state index in [0.717, 1.165) is 0 Å². The molecular weight excluding hydrogens is 236 g/mol. The van der Waals surface area contributed by atoms with Gasteiger partial charge in [0.05, 0.1) is 18.1 Å². The van der Waals surface area contributed by atoms with Crippen LogP contribution in [0.4, 0.5) is 0 Å². The fourth-order valence-corrected chi connectivity index (χ4v) is 2.38. The number of likely N-dealkylation sites (N-methyl/N-ethyl adjacent to an activating group) is 1. The summed E-state index contributed by atoms with van der Waals surface area (Å²) < 4.78 is 2.21. The topological polar surface area (TPSA) is 47.1 Å². The zero-order valence-corrected chi connectivity index (χ0v) is 13.5. The Bertz CT molecular complexity index is 389. The molecule has 2 unspecified atom stereocenters. The molecule has 0 aliphatic carbocycles. The third-order valence-corrected chi connectivity index (χ3v) is 4.17. The van der Waals surface area contributed by atoms with Gasteiger partial charge in [0.25, 0.3) is 0 Å². The lowest BCUT2D eigenvalue weighted by Gasteiger charge is -2.40. The number of nitrogens with two attached hydrogens (primary N) is 1. The second-order valence-corrected chi connectivity index (χ2v) is 6.78. The molecular formula is C15H30N4. The fraction of sp³-hybridized carbons (Fsp3) is 0.800. The number of imidazole rings is 1. The van der Waals surface area contributed by atoms with Gasteiger partial charge in [-0.2, -0.15) is 0 Å². The molecule has 1 heterocycles. The van der Waals surface area contributed by atoms with E-state index < -0.39 is 0 Å². The van der Waals surface area contributed by atoms with Crippen molar-refractivity contribution in [2.75, 3.05) is 13.6 Å². The van der Waals surface area contributed by atoms with Crippen molar-refractivity contribution in [2.45, 2.75) is 59.7 Å². The average molecular weight is 266 g/mol. The lowest BCUT2D eigenvalue weighted by molar-refractivity contribution is 0.0961. The summed E-state index contributed by atoms with van der Waals surface area (Å²) in [4.78, 5) is 6.67. The van der Waals surface area contributed by atoms with E-state index in [4.69, 9.17) is 5.73 Å². The van der Waals surface area contributed by atoms with Gasteiger partial charge in [-0.05, 0) is 33.2 Å². The summed E-state index contributed by atoms with van der Waals surface area (Å²) >= 11 is 0. The standard InChI is InChI=1S/C15H30N4/c1-11(2)19-10-17-9-14(19)13(8-16)18(7)12(3)15(4,5)6/h9-13H,8,16H2,1-7H3. The van der Waals surface area contributed by atoms with Crippen LogP contribution in [-0.2, 0) is 0 Å². The van der Waals surface area contributed by atoms with E-state index in [0.29, 0.717) is 18.6 Å². The molecule has 0 saturated carbocycles. The second kappa shape index (κ2) is 6.06. The highest BCUT2D eigenvalue weighted by Gasteiger charge is 2.30. The van der Waals surface area contributed by atoms with Crippen molar-refractivity contribution in [3.8, 4) is 0 Å². The summed E-state index contributed by atoms with van der Waals surface area (Å²) in [5.41, 5.74) is 7.46. The normalized spacial score (nSPS) is 16.1. The summed E-state index contributed by atoms with van der Waals surface area (Å²) in [7, 11) is 2.16. The first-order valence-electron chi connectivity index (χ1n) is 7.13. The van der Waals surface area contributed by atoms with E-state index >= 15 is 0 Å². The Morgan fingerprint density at radius 2 is 1.89 bits per heavy atom. The highest BCUT2D eigenvalue weighted by atomic mass is 15.2. The molecule has 4 heteroatoms. The van der Waals surface area contributed by atoms with Crippen molar-refractivity contribution in [1.29, 1.82) is 0 Å². The lowest BCUT2D eigenvalue weighted by Crippen LogP contribution is -2.44. The maximum absolute atomic E-state index is 6.03. The molecule has 2 atom stereocenters. The van der Waals surface area contributed by atoms with Crippen molar-refractivity contribution in [1.82, 2.24) is 14.5 Å². The molecule has 19 heavy (non-hydrogen) atoms. The lowest BCUT2D eigenvalue weighted by atomic mass is 9.86. The molecule has 0 saturated heterocycles. The second-order valence-electron chi connectivity index (χ2n) is 6.78. The van der Waals surface area contributed by atoms with Crippen LogP contribution in [0.1, 0.15) is 59.3 Å². The molecule has 0 aliphatic rings. The molecule has 2 N–H and O–H groups in total. The highest BCUT2D eigenvalue weighted by Crippen LogP contribution is 2.30. The quantitative estimate of drug-likeness (QED) is 0.891. The van der Waals surface area contributed by atoms with E-state index in [2.05, 4.69) is 63.0 Å². The van der Waals surface area contributed by atoms with Crippen molar-refractivity contribution < 1.29 is 0 Å². The minimum atomic E-state index is 0.208. The van der Waals surface area contributed by atoms with Crippen molar-refractivity contribution >= 4 is 0 Å². The van der Waals surface area contributed by atoms with Crippen LogP contribution in [0.25, 0.3) is 0 Å². The molecule has 0 aromatic carbocycles. The number of aromatic nitrogens is 2. The molecule has 0 bridgehead atoms. The number of nitrogens with zero attached hydrogens (tertiary/aromatic N) is 3. The van der Waals surface area contributed by atoms with Gasteiger partial charge in [-0.25, -0.2) is 4.98 Å². The number of hydrogen-bond donors (Lipinski definition) is 1. The molecule has 4 nitrogen and oxygen atoms in total. The van der Waals surface area contributed by atoms with Crippen molar-refractivity contribution in [3.05, 3.63) is 18.2 Å². The van der Waals surface area contributed by atoms with Crippen LogP contribution in [0, 0.1) is 5.41 Å². The third-order valence-electron chi connectivity index (χ3n) is 4.17. The molecule has 0 aliphatic heterocycles. The average Bonchev–Trinajstić information content (AvgIpc) is 2.76. The van der Waals surface area contributed by atoms with Crippen LogP contribution in [0.3, 0.4) is 0 Å². The van der Waals surface area contributed by atoms with E-state index in [1.807, 2.05) is 12.5 Å². The smallest absolute Gasteiger partial charge is 0.0951 e. The summed E-state index contributed by atoms with van der Waals surface area (Å²) in [6.07, 6.45) is 3.85. The van der Waals surface area contributed by atoms with Gasteiger partial charge in [-0.15, -0.1) is 0 Å². The summed E-state index contributed by atoms with van der Waals surface area (Å²) in [5, 5.41) is 0. The molecule has 1 aromatic heterocycles. The number of rotatable bonds is 5. The SMILES string of the molecule is CC(C)n1cncc1C(CN)N(C)C(C)C(C)(C)C. The van der Waals surface area contributed by atoms with Gasteiger partial charge in [-0.1, -0.05) is 20.8 Å². The molecule has 1 aromatic rings. The molecule has 1 rings (SSSR count). The molecule has 0 radical (unpaired) electrons. The zero-order chi connectivity index (χ0) is 14.8. The van der Waals surface area contributed by atoms with Crippen LogP contribution in [0.5, 0.6) is 0 Å². The first-order valence-corrected chi connectivity index (χ1v) is 7.13. The largest absolute Gasteiger partial charge is 0.331 e. The number of hydrogen-bond acceptors (Lipinski definition) is 3. The van der Waals surface area contributed by atoms with E-state index in [9.17, 15) is 0 Å². The van der Waals surface area contributed by atoms with Gasteiger partial charge in [-0.3, -0.25) is 4.90 Å². The van der Waals surface area contributed by atoms with Crippen LogP contribution >= 0.6 is 0 Å². The highest BCUT2D eigenvalue weighted by molar-refractivity contribution is 5.08. The van der Waals surface area contributed by atoms with Gasteiger partial charge in [0.15, 0.2) is 0 Å². The summed E-state index contributed by atoms with van der Waals surface area (Å²) in [5.74, 6) is 0. The Morgan fingerprint density at radius 3 is 2.32 bits per heavy atom. The molecule has 0 spiro atoms. The van der Waals surface area contributed by atoms with Crippen LogP contribution in [0.2, 0.25) is 0 Å². The Morgan fingerprint density at radius 1 is 1.32 bits per heavy atom. The maximum Gasteiger partial charge on any atom is 0.0951 e. The van der Waals surface area contributed by atoms with Gasteiger partial charge in [0, 0.05) is 24.8 Å². The molecule has 0 fully saturated rings. The van der Waals surface area contributed by atoms with Crippen LogP contribution < -0.4 is 5.73 Å². The Labute approximate surface area is 118 Å². The predicted molar refractivity (Wildman–Crippen MR) is 81.1 cm³/mol. The molecule has 110 valence electrons. The Balaban J connectivity index is 3.03. The maximum atomic E-state index is 6.03. The minimum Gasteiger partial charge on any atom is -0.331 e. The Kier molecular flexibility index (Phi) is 5.16.